The molecule has 2 aliphatic carbocycles. The second-order valence-corrected chi connectivity index (χ2v) is 10.2. The van der Waals surface area contributed by atoms with E-state index >= 15 is 0 Å². The van der Waals surface area contributed by atoms with Crippen molar-refractivity contribution in [1.82, 2.24) is 5.32 Å². The fourth-order valence-corrected chi connectivity index (χ4v) is 4.33. The van der Waals surface area contributed by atoms with Gasteiger partial charge in [-0.25, -0.2) is 4.79 Å². The van der Waals surface area contributed by atoms with Gasteiger partial charge in [-0.05, 0) is 76.1 Å². The summed E-state index contributed by atoms with van der Waals surface area (Å²) in [6.45, 7) is 8.16. The molecule has 182 valence electrons. The van der Waals surface area contributed by atoms with Crippen LogP contribution in [0.15, 0.2) is 59.7 Å². The van der Waals surface area contributed by atoms with Crippen molar-refractivity contribution >= 4 is 6.09 Å². The molecule has 2 unspecified atom stereocenters. The lowest BCUT2D eigenvalue weighted by Crippen LogP contribution is -2.34. The maximum atomic E-state index is 11.8. The van der Waals surface area contributed by atoms with Gasteiger partial charge < -0.3 is 14.8 Å². The van der Waals surface area contributed by atoms with Crippen LogP contribution in [0.1, 0.15) is 65.4 Å². The molecule has 5 nitrogen and oxygen atoms in total. The molecule has 0 aromatic heterocycles. The topological polar surface area (TPSA) is 71.3 Å². The predicted molar refractivity (Wildman–Crippen MR) is 135 cm³/mol. The molecule has 0 saturated carbocycles. The minimum atomic E-state index is -0.493. The Morgan fingerprint density at radius 1 is 1.21 bits per heavy atom. The molecule has 1 N–H and O–H groups in total. The van der Waals surface area contributed by atoms with E-state index in [9.17, 15) is 10.1 Å². The highest BCUT2D eigenvalue weighted by Crippen LogP contribution is 2.35. The van der Waals surface area contributed by atoms with Crippen LogP contribution in [0.3, 0.4) is 0 Å². The number of ether oxygens (including phenoxy) is 2. The van der Waals surface area contributed by atoms with Crippen LogP contribution in [0.4, 0.5) is 4.79 Å². The second-order valence-electron chi connectivity index (χ2n) is 10.2. The van der Waals surface area contributed by atoms with Crippen LogP contribution >= 0.6 is 0 Å². The highest BCUT2D eigenvalue weighted by Gasteiger charge is 2.23. The average Bonchev–Trinajstić information content (AvgIpc) is 2.81. The van der Waals surface area contributed by atoms with Crippen molar-refractivity contribution in [2.75, 3.05) is 6.54 Å². The maximum Gasteiger partial charge on any atom is 0.407 e. The molecule has 34 heavy (non-hydrogen) atoms. The Hall–Kier alpha value is -3.00. The van der Waals surface area contributed by atoms with Gasteiger partial charge in [0.15, 0.2) is 0 Å². The van der Waals surface area contributed by atoms with Crippen molar-refractivity contribution < 1.29 is 14.3 Å². The lowest BCUT2D eigenvalue weighted by Gasteiger charge is -2.26. The second kappa shape index (κ2) is 11.9. The lowest BCUT2D eigenvalue weighted by atomic mass is 9.78. The Labute approximate surface area is 204 Å². The molecule has 0 saturated heterocycles. The summed E-state index contributed by atoms with van der Waals surface area (Å²) in [6, 6.07) is 10.7. The van der Waals surface area contributed by atoms with E-state index in [0.717, 1.165) is 44.3 Å². The smallest absolute Gasteiger partial charge is 0.407 e. The summed E-state index contributed by atoms with van der Waals surface area (Å²) in [5, 5.41) is 12.0. The van der Waals surface area contributed by atoms with Crippen molar-refractivity contribution in [3.05, 3.63) is 65.3 Å². The average molecular weight is 463 g/mol. The number of nitrogens with zero attached hydrogens (tertiary/aromatic N) is 1. The minimum absolute atomic E-state index is 0.0355. The third kappa shape index (κ3) is 8.09. The van der Waals surface area contributed by atoms with Gasteiger partial charge in [0.1, 0.15) is 17.5 Å². The number of rotatable bonds is 9. The SMILES string of the molecule is CC[C@H](CCNC(=O)OC(C)(C)C)Oc1ccc(CCC2=CC3CC(C#N)CC=C3C=C2)cc1. The number of carbonyl (C=O) groups is 1. The fourth-order valence-electron chi connectivity index (χ4n) is 4.33. The molecule has 0 radical (unpaired) electrons. The quantitative estimate of drug-likeness (QED) is 0.445. The zero-order chi connectivity index (χ0) is 24.6. The molecular formula is C29H38N2O3. The number of alkyl carbamates (subject to hydrolysis) is 1. The van der Waals surface area contributed by atoms with Crippen LogP contribution in [-0.4, -0.2) is 24.3 Å². The first-order valence-corrected chi connectivity index (χ1v) is 12.5. The molecule has 2 aliphatic rings. The highest BCUT2D eigenvalue weighted by atomic mass is 16.6. The van der Waals surface area contributed by atoms with E-state index < -0.39 is 11.7 Å². The number of benzene rings is 1. The fraction of sp³-hybridized carbons (Fsp3) is 0.517. The normalized spacial score (nSPS) is 20.3. The molecule has 0 fully saturated rings. The number of allylic oxidation sites excluding steroid dienone is 6. The summed E-state index contributed by atoms with van der Waals surface area (Å²) < 4.78 is 11.4. The van der Waals surface area contributed by atoms with Crippen LogP contribution < -0.4 is 10.1 Å². The zero-order valence-electron chi connectivity index (χ0n) is 21.0. The van der Waals surface area contributed by atoms with Crippen LogP contribution in [-0.2, 0) is 11.2 Å². The number of amides is 1. The Morgan fingerprint density at radius 3 is 2.65 bits per heavy atom. The monoisotopic (exact) mass is 462 g/mol. The highest BCUT2D eigenvalue weighted by molar-refractivity contribution is 5.67. The summed E-state index contributed by atoms with van der Waals surface area (Å²) >= 11 is 0. The maximum absolute atomic E-state index is 11.8. The van der Waals surface area contributed by atoms with Crippen LogP contribution in [0, 0.1) is 23.2 Å². The van der Waals surface area contributed by atoms with Gasteiger partial charge in [0.25, 0.3) is 0 Å². The van der Waals surface area contributed by atoms with Crippen LogP contribution in [0.5, 0.6) is 5.75 Å². The van der Waals surface area contributed by atoms with E-state index in [1.807, 2.05) is 32.9 Å². The molecular weight excluding hydrogens is 424 g/mol. The molecule has 1 amide bonds. The Morgan fingerprint density at radius 2 is 1.97 bits per heavy atom. The third-order valence-corrected chi connectivity index (χ3v) is 6.21. The Kier molecular flexibility index (Phi) is 8.98. The van der Waals surface area contributed by atoms with Crippen molar-refractivity contribution in [1.29, 1.82) is 5.26 Å². The van der Waals surface area contributed by atoms with Crippen LogP contribution in [0.2, 0.25) is 0 Å². The molecule has 3 rings (SSSR count). The summed E-state index contributed by atoms with van der Waals surface area (Å²) in [7, 11) is 0. The van der Waals surface area contributed by atoms with Gasteiger partial charge in [-0.3, -0.25) is 0 Å². The molecule has 1 aromatic carbocycles. The van der Waals surface area contributed by atoms with Crippen LogP contribution in [0.25, 0.3) is 0 Å². The Bertz CT molecular complexity index is 961. The van der Waals surface area contributed by atoms with Crippen molar-refractivity contribution in [3.8, 4) is 11.8 Å². The lowest BCUT2D eigenvalue weighted by molar-refractivity contribution is 0.0520. The van der Waals surface area contributed by atoms with Gasteiger partial charge >= 0.3 is 6.09 Å². The number of hydrogen-bond acceptors (Lipinski definition) is 4. The summed E-state index contributed by atoms with van der Waals surface area (Å²) in [5.74, 6) is 1.39. The number of hydrogen-bond donors (Lipinski definition) is 1. The Balaban J connectivity index is 1.44. The van der Waals surface area contributed by atoms with Gasteiger partial charge in [-0.15, -0.1) is 0 Å². The summed E-state index contributed by atoms with van der Waals surface area (Å²) in [5.41, 5.74) is 3.50. The molecule has 0 heterocycles. The number of aryl methyl sites for hydroxylation is 1. The first-order chi connectivity index (χ1) is 16.3. The van der Waals surface area contributed by atoms with Gasteiger partial charge in [-0.1, -0.05) is 48.9 Å². The van der Waals surface area contributed by atoms with Gasteiger partial charge in [-0.2, -0.15) is 5.26 Å². The van der Waals surface area contributed by atoms with Gasteiger partial charge in [0, 0.05) is 18.9 Å². The minimum Gasteiger partial charge on any atom is -0.490 e. The molecule has 5 heteroatoms. The van der Waals surface area contributed by atoms with E-state index in [1.165, 1.54) is 16.7 Å². The standard InChI is InChI=1S/C29H38N2O3/c1-5-26(16-17-31-28(32)34-29(2,3)4)33-27-14-10-21(11-15-27)6-7-22-8-12-24-13-9-23(20-30)19-25(24)18-22/h8,10-15,18,23,25-26H,5-7,9,16-17,19H2,1-4H3,(H,31,32)/t23?,25?,26-/m1/s1. The number of carbonyl (C=O) groups excluding carboxylic acids is 1. The van der Waals surface area contributed by atoms with E-state index in [4.69, 9.17) is 9.47 Å². The number of nitrogens with one attached hydrogen (secondary N) is 1. The third-order valence-electron chi connectivity index (χ3n) is 6.21. The molecule has 3 atom stereocenters. The molecule has 0 bridgehead atoms. The zero-order valence-corrected chi connectivity index (χ0v) is 21.0. The predicted octanol–water partition coefficient (Wildman–Crippen LogP) is 6.66. The van der Waals surface area contributed by atoms with E-state index in [0.29, 0.717) is 12.5 Å². The summed E-state index contributed by atoms with van der Waals surface area (Å²) in [4.78, 5) is 11.8. The molecule has 1 aromatic rings. The van der Waals surface area contributed by atoms with Crippen molar-refractivity contribution in [3.63, 3.8) is 0 Å². The van der Waals surface area contributed by atoms with E-state index in [-0.39, 0.29) is 12.0 Å². The van der Waals surface area contributed by atoms with Gasteiger partial charge in [0.05, 0.1) is 12.0 Å². The molecule has 0 aliphatic heterocycles. The first-order valence-electron chi connectivity index (χ1n) is 12.5. The van der Waals surface area contributed by atoms with E-state index in [2.05, 4.69) is 54.7 Å². The molecule has 0 spiro atoms. The first kappa shape index (κ1) is 25.6. The summed E-state index contributed by atoms with van der Waals surface area (Å²) in [6.07, 6.45) is 14.0. The van der Waals surface area contributed by atoms with E-state index in [1.54, 1.807) is 0 Å². The largest absolute Gasteiger partial charge is 0.490 e. The van der Waals surface area contributed by atoms with Gasteiger partial charge in [0.2, 0.25) is 0 Å². The number of nitriles is 1. The van der Waals surface area contributed by atoms with Crippen molar-refractivity contribution in [2.24, 2.45) is 11.8 Å². The van der Waals surface area contributed by atoms with Crippen molar-refractivity contribution in [2.45, 2.75) is 77.9 Å². The number of fused-ring (bicyclic) bond motifs is 1.